The molecule has 0 fully saturated rings. The Morgan fingerprint density at radius 3 is 2.28 bits per heavy atom. The quantitative estimate of drug-likeness (QED) is 0.499. The summed E-state index contributed by atoms with van der Waals surface area (Å²) >= 11 is 0. The molecule has 0 saturated heterocycles. The lowest BCUT2D eigenvalue weighted by Crippen LogP contribution is -2.12. The number of nitrogens with one attached hydrogen (secondary N) is 1. The molecule has 144 valence electrons. The minimum Gasteiger partial charge on any atom is -0.323 e. The molecule has 0 aliphatic heterocycles. The molecule has 5 nitrogen and oxygen atoms in total. The molecule has 3 aromatic carbocycles. The predicted molar refractivity (Wildman–Crippen MR) is 115 cm³/mol. The van der Waals surface area contributed by atoms with Crippen molar-refractivity contribution >= 4 is 38.6 Å². The van der Waals surface area contributed by atoms with Crippen molar-refractivity contribution in [2.45, 2.75) is 4.90 Å². The summed E-state index contributed by atoms with van der Waals surface area (Å²) in [5, 5.41) is 3.58. The number of fused-ring (bicyclic) bond motifs is 1. The number of nitrogens with zero attached hydrogens (tertiary/aromatic N) is 1. The molecule has 0 spiro atoms. The number of amides is 1. The largest absolute Gasteiger partial charge is 0.323 e. The van der Waals surface area contributed by atoms with Gasteiger partial charge in [0.15, 0.2) is 0 Å². The van der Waals surface area contributed by atoms with E-state index >= 15 is 0 Å². The molecule has 4 aromatic rings. The van der Waals surface area contributed by atoms with Crippen molar-refractivity contribution in [1.29, 1.82) is 0 Å². The number of carbonyl (C=O) groups is 1. The first kappa shape index (κ1) is 18.7. The molecule has 0 aliphatic rings. The van der Waals surface area contributed by atoms with E-state index in [4.69, 9.17) is 0 Å². The standard InChI is InChI=1S/C23H18N2O3S/c26-23(15-10-18-6-2-1-3-7-18)24-20-11-13-21(14-12-20)29(27,28)25-17-16-19-8-4-5-9-22(19)25/h1-17H,(H,24,26). The zero-order valence-electron chi connectivity index (χ0n) is 15.4. The third-order valence-corrected chi connectivity index (χ3v) is 6.17. The molecule has 0 radical (unpaired) electrons. The summed E-state index contributed by atoms with van der Waals surface area (Å²) in [6.45, 7) is 0. The Labute approximate surface area is 169 Å². The number of anilines is 1. The van der Waals surface area contributed by atoms with Gasteiger partial charge >= 0.3 is 0 Å². The fraction of sp³-hybridized carbons (Fsp3) is 0. The van der Waals surface area contributed by atoms with Crippen LogP contribution in [0.5, 0.6) is 0 Å². The number of aromatic nitrogens is 1. The SMILES string of the molecule is O=C(C=Cc1ccccc1)Nc1ccc(S(=O)(=O)n2ccc3ccccc32)cc1. The van der Waals surface area contributed by atoms with E-state index in [-0.39, 0.29) is 10.8 Å². The summed E-state index contributed by atoms with van der Waals surface area (Å²) in [5.74, 6) is -0.291. The van der Waals surface area contributed by atoms with E-state index in [1.165, 1.54) is 22.2 Å². The minimum absolute atomic E-state index is 0.150. The summed E-state index contributed by atoms with van der Waals surface area (Å²) < 4.78 is 27.2. The topological polar surface area (TPSA) is 68.2 Å². The molecule has 4 rings (SSSR count). The molecule has 0 saturated carbocycles. The predicted octanol–water partition coefficient (Wildman–Crippen LogP) is 4.53. The van der Waals surface area contributed by atoms with E-state index < -0.39 is 10.0 Å². The van der Waals surface area contributed by atoms with Gasteiger partial charge in [-0.1, -0.05) is 48.5 Å². The van der Waals surface area contributed by atoms with Gasteiger partial charge in [-0.05, 0) is 48.0 Å². The molecule has 1 N–H and O–H groups in total. The molecule has 0 aliphatic carbocycles. The maximum atomic E-state index is 13.0. The number of carbonyl (C=O) groups excluding carboxylic acids is 1. The lowest BCUT2D eigenvalue weighted by atomic mass is 10.2. The average Bonchev–Trinajstić information content (AvgIpc) is 3.18. The van der Waals surface area contributed by atoms with E-state index in [0.29, 0.717) is 11.2 Å². The van der Waals surface area contributed by atoms with Crippen LogP contribution in [0.1, 0.15) is 5.56 Å². The van der Waals surface area contributed by atoms with Crippen LogP contribution in [0.4, 0.5) is 5.69 Å². The third-order valence-electron chi connectivity index (χ3n) is 4.47. The first-order valence-corrected chi connectivity index (χ1v) is 10.4. The number of benzene rings is 3. The summed E-state index contributed by atoms with van der Waals surface area (Å²) in [4.78, 5) is 12.2. The number of rotatable bonds is 5. The Hall–Kier alpha value is -3.64. The monoisotopic (exact) mass is 402 g/mol. The molecular formula is C23H18N2O3S. The summed E-state index contributed by atoms with van der Waals surface area (Å²) in [5.41, 5.74) is 2.06. The first-order valence-electron chi connectivity index (χ1n) is 9.00. The van der Waals surface area contributed by atoms with Gasteiger partial charge in [-0.3, -0.25) is 4.79 Å². The van der Waals surface area contributed by atoms with Crippen molar-refractivity contribution in [3.8, 4) is 0 Å². The Bertz CT molecular complexity index is 1290. The highest BCUT2D eigenvalue weighted by molar-refractivity contribution is 7.90. The lowest BCUT2D eigenvalue weighted by Gasteiger charge is -2.09. The van der Waals surface area contributed by atoms with Gasteiger partial charge in [-0.2, -0.15) is 0 Å². The summed E-state index contributed by atoms with van der Waals surface area (Å²) in [6.07, 6.45) is 4.70. The zero-order chi connectivity index (χ0) is 20.3. The number of para-hydroxylation sites is 1. The fourth-order valence-electron chi connectivity index (χ4n) is 3.01. The Balaban J connectivity index is 1.51. The molecular weight excluding hydrogens is 384 g/mol. The van der Waals surface area contributed by atoms with Gasteiger partial charge in [0.2, 0.25) is 5.91 Å². The van der Waals surface area contributed by atoms with Crippen molar-refractivity contribution < 1.29 is 13.2 Å². The number of hydrogen-bond donors (Lipinski definition) is 1. The van der Waals surface area contributed by atoms with Crippen LogP contribution < -0.4 is 5.32 Å². The van der Waals surface area contributed by atoms with Crippen molar-refractivity contribution in [3.05, 3.63) is 103 Å². The van der Waals surface area contributed by atoms with Gasteiger partial charge in [-0.25, -0.2) is 12.4 Å². The average molecular weight is 402 g/mol. The molecule has 29 heavy (non-hydrogen) atoms. The van der Waals surface area contributed by atoms with Gasteiger partial charge < -0.3 is 5.32 Å². The van der Waals surface area contributed by atoms with E-state index in [9.17, 15) is 13.2 Å². The molecule has 1 heterocycles. The van der Waals surface area contributed by atoms with Gasteiger partial charge in [0, 0.05) is 23.3 Å². The van der Waals surface area contributed by atoms with Gasteiger partial charge in [0.1, 0.15) is 0 Å². The van der Waals surface area contributed by atoms with Crippen molar-refractivity contribution in [2.75, 3.05) is 5.32 Å². The van der Waals surface area contributed by atoms with Crippen LogP contribution in [0.2, 0.25) is 0 Å². The van der Waals surface area contributed by atoms with Gasteiger partial charge in [0.25, 0.3) is 10.0 Å². The van der Waals surface area contributed by atoms with E-state index in [1.807, 2.05) is 42.5 Å². The summed E-state index contributed by atoms with van der Waals surface area (Å²) in [7, 11) is -3.72. The highest BCUT2D eigenvalue weighted by atomic mass is 32.2. The minimum atomic E-state index is -3.72. The molecule has 0 atom stereocenters. The van der Waals surface area contributed by atoms with E-state index in [1.54, 1.807) is 42.6 Å². The van der Waals surface area contributed by atoms with Crippen LogP contribution in [0.25, 0.3) is 17.0 Å². The van der Waals surface area contributed by atoms with Crippen molar-refractivity contribution in [2.24, 2.45) is 0 Å². The normalized spacial score (nSPS) is 11.7. The van der Waals surface area contributed by atoms with Gasteiger partial charge in [-0.15, -0.1) is 0 Å². The lowest BCUT2D eigenvalue weighted by molar-refractivity contribution is -0.111. The van der Waals surface area contributed by atoms with E-state index in [2.05, 4.69) is 5.32 Å². The van der Waals surface area contributed by atoms with Gasteiger partial charge in [0.05, 0.1) is 10.4 Å². The van der Waals surface area contributed by atoms with Crippen LogP contribution >= 0.6 is 0 Å². The van der Waals surface area contributed by atoms with Crippen LogP contribution in [0.3, 0.4) is 0 Å². The van der Waals surface area contributed by atoms with Crippen LogP contribution in [-0.4, -0.2) is 18.3 Å². The molecule has 1 amide bonds. The zero-order valence-corrected chi connectivity index (χ0v) is 16.2. The number of hydrogen-bond acceptors (Lipinski definition) is 3. The smallest absolute Gasteiger partial charge is 0.268 e. The van der Waals surface area contributed by atoms with Crippen LogP contribution in [0.15, 0.2) is 102 Å². The fourth-order valence-corrected chi connectivity index (χ4v) is 4.36. The molecule has 0 bridgehead atoms. The first-order chi connectivity index (χ1) is 14.0. The third kappa shape index (κ3) is 3.97. The molecule has 0 unspecified atom stereocenters. The summed E-state index contributed by atoms with van der Waals surface area (Å²) in [6, 6.07) is 24.7. The second kappa shape index (κ2) is 7.77. The maximum absolute atomic E-state index is 13.0. The maximum Gasteiger partial charge on any atom is 0.268 e. The van der Waals surface area contributed by atoms with Crippen LogP contribution in [0, 0.1) is 0 Å². The van der Waals surface area contributed by atoms with Crippen LogP contribution in [-0.2, 0) is 14.8 Å². The molecule has 6 heteroatoms. The highest BCUT2D eigenvalue weighted by Crippen LogP contribution is 2.23. The van der Waals surface area contributed by atoms with E-state index in [0.717, 1.165) is 10.9 Å². The van der Waals surface area contributed by atoms with Crippen molar-refractivity contribution in [3.63, 3.8) is 0 Å². The Kier molecular flexibility index (Phi) is 5.01. The second-order valence-electron chi connectivity index (χ2n) is 6.43. The Morgan fingerprint density at radius 1 is 0.828 bits per heavy atom. The highest BCUT2D eigenvalue weighted by Gasteiger charge is 2.18. The second-order valence-corrected chi connectivity index (χ2v) is 8.25. The Morgan fingerprint density at radius 2 is 1.52 bits per heavy atom. The van der Waals surface area contributed by atoms with Crippen molar-refractivity contribution in [1.82, 2.24) is 3.97 Å². The molecule has 1 aromatic heterocycles.